The largest absolute Gasteiger partial charge is 0.496 e. The van der Waals surface area contributed by atoms with E-state index in [0.29, 0.717) is 17.0 Å². The summed E-state index contributed by atoms with van der Waals surface area (Å²) in [6, 6.07) is 11.5. The molecule has 3 rings (SSSR count). The van der Waals surface area contributed by atoms with Crippen molar-refractivity contribution in [1.29, 1.82) is 0 Å². The smallest absolute Gasteiger partial charge is 0.488 e. The highest BCUT2D eigenvalue weighted by Gasteiger charge is 2.15. The van der Waals surface area contributed by atoms with Gasteiger partial charge in [0.25, 0.3) is 5.91 Å². The Bertz CT molecular complexity index is 899. The predicted octanol–water partition coefficient (Wildman–Crippen LogP) is 1.18. The fourth-order valence-electron chi connectivity index (χ4n) is 2.48. The number of carbonyl (C=O) groups is 1. The molecule has 0 saturated carbocycles. The van der Waals surface area contributed by atoms with Crippen LogP contribution in [0.3, 0.4) is 0 Å². The summed E-state index contributed by atoms with van der Waals surface area (Å²) in [4.78, 5) is 16.6. The van der Waals surface area contributed by atoms with E-state index in [9.17, 15) is 14.8 Å². The molecule has 0 aliphatic carbocycles. The zero-order valence-electron chi connectivity index (χ0n) is 12.9. The van der Waals surface area contributed by atoms with Crippen molar-refractivity contribution < 1.29 is 19.6 Å². The first-order chi connectivity index (χ1) is 11.6. The van der Waals surface area contributed by atoms with Gasteiger partial charge >= 0.3 is 7.12 Å². The molecule has 24 heavy (non-hydrogen) atoms. The summed E-state index contributed by atoms with van der Waals surface area (Å²) >= 11 is 0. The minimum absolute atomic E-state index is 0.254. The molecule has 7 heteroatoms. The third-order valence-corrected chi connectivity index (χ3v) is 3.69. The van der Waals surface area contributed by atoms with E-state index < -0.39 is 7.12 Å². The summed E-state index contributed by atoms with van der Waals surface area (Å²) in [6.07, 6.45) is 3.31. The Labute approximate surface area is 138 Å². The summed E-state index contributed by atoms with van der Waals surface area (Å²) in [5.74, 6) is 0.337. The van der Waals surface area contributed by atoms with Crippen LogP contribution >= 0.6 is 0 Å². The third kappa shape index (κ3) is 3.08. The molecule has 0 bridgehead atoms. The van der Waals surface area contributed by atoms with Crippen molar-refractivity contribution in [2.45, 2.75) is 0 Å². The molecule has 3 aromatic rings. The maximum Gasteiger partial charge on any atom is 0.488 e. The molecule has 0 fully saturated rings. The van der Waals surface area contributed by atoms with Gasteiger partial charge in [0.1, 0.15) is 5.75 Å². The molecule has 120 valence electrons. The zero-order chi connectivity index (χ0) is 17.1. The van der Waals surface area contributed by atoms with Gasteiger partial charge in [0.15, 0.2) is 0 Å². The zero-order valence-corrected chi connectivity index (χ0v) is 12.9. The summed E-state index contributed by atoms with van der Waals surface area (Å²) < 4.78 is 5.32. The molecule has 6 nitrogen and oxygen atoms in total. The lowest BCUT2D eigenvalue weighted by atomic mass is 9.79. The van der Waals surface area contributed by atoms with Crippen molar-refractivity contribution in [2.75, 3.05) is 12.4 Å². The number of carbonyl (C=O) groups excluding carboxylic acids is 1. The Kier molecular flexibility index (Phi) is 4.46. The number of rotatable bonds is 4. The van der Waals surface area contributed by atoms with Crippen molar-refractivity contribution in [3.63, 3.8) is 0 Å². The fourth-order valence-corrected chi connectivity index (χ4v) is 2.48. The predicted molar refractivity (Wildman–Crippen MR) is 92.5 cm³/mol. The van der Waals surface area contributed by atoms with Crippen LogP contribution in [0, 0.1) is 0 Å². The lowest BCUT2D eigenvalue weighted by molar-refractivity contribution is 0.102. The molecular formula is C17H15BN2O4. The maximum absolute atomic E-state index is 12.5. The van der Waals surface area contributed by atoms with Crippen molar-refractivity contribution in [3.05, 3.63) is 60.4 Å². The van der Waals surface area contributed by atoms with Crippen molar-refractivity contribution in [2.24, 2.45) is 0 Å². The van der Waals surface area contributed by atoms with Gasteiger partial charge in [-0.15, -0.1) is 0 Å². The Morgan fingerprint density at radius 1 is 1.17 bits per heavy atom. The highest BCUT2D eigenvalue weighted by Crippen LogP contribution is 2.30. The third-order valence-electron chi connectivity index (χ3n) is 3.69. The van der Waals surface area contributed by atoms with Gasteiger partial charge in [0.2, 0.25) is 0 Å². The lowest BCUT2D eigenvalue weighted by Crippen LogP contribution is -2.30. The van der Waals surface area contributed by atoms with Gasteiger partial charge in [-0.2, -0.15) is 0 Å². The first kappa shape index (κ1) is 16.0. The fraction of sp³-hybridized carbons (Fsp3) is 0.0588. The molecule has 2 aromatic carbocycles. The van der Waals surface area contributed by atoms with Crippen LogP contribution in [-0.4, -0.2) is 35.2 Å². The minimum Gasteiger partial charge on any atom is -0.496 e. The number of nitrogens with zero attached hydrogens (tertiary/aromatic N) is 1. The number of aromatic nitrogens is 1. The average Bonchev–Trinajstić information content (AvgIpc) is 2.62. The van der Waals surface area contributed by atoms with E-state index in [1.165, 1.54) is 12.1 Å². The molecule has 1 aromatic heterocycles. The number of anilines is 1. The van der Waals surface area contributed by atoms with E-state index >= 15 is 0 Å². The molecule has 3 N–H and O–H groups in total. The highest BCUT2D eigenvalue weighted by atomic mass is 16.5. The standard InChI is InChI=1S/C17H15BN2O4/c1-24-16-6-5-15(14-10-19-8-7-13(14)16)20-17(21)11-3-2-4-12(9-11)18(22)23/h2-10,22-23H,1H3,(H,20,21). The van der Waals surface area contributed by atoms with Gasteiger partial charge in [-0.05, 0) is 35.8 Å². The minimum atomic E-state index is -1.62. The Hall–Kier alpha value is -2.90. The average molecular weight is 322 g/mol. The van der Waals surface area contributed by atoms with Crippen LogP contribution < -0.4 is 15.5 Å². The van der Waals surface area contributed by atoms with E-state index in [1.54, 1.807) is 43.8 Å². The Morgan fingerprint density at radius 3 is 2.75 bits per heavy atom. The van der Waals surface area contributed by atoms with Crippen molar-refractivity contribution in [3.8, 4) is 5.75 Å². The maximum atomic E-state index is 12.5. The van der Waals surface area contributed by atoms with Crippen LogP contribution in [-0.2, 0) is 0 Å². The van der Waals surface area contributed by atoms with Crippen LogP contribution in [0.15, 0.2) is 54.9 Å². The summed E-state index contributed by atoms with van der Waals surface area (Å²) in [5.41, 5.74) is 1.18. The van der Waals surface area contributed by atoms with Gasteiger partial charge in [-0.25, -0.2) is 0 Å². The number of ether oxygens (including phenoxy) is 1. The van der Waals surface area contributed by atoms with E-state index in [-0.39, 0.29) is 11.4 Å². The van der Waals surface area contributed by atoms with Gasteiger partial charge in [-0.1, -0.05) is 12.1 Å². The van der Waals surface area contributed by atoms with Crippen molar-refractivity contribution in [1.82, 2.24) is 4.98 Å². The SMILES string of the molecule is COc1ccc(NC(=O)c2cccc(B(O)O)c2)c2cnccc12. The molecule has 0 saturated heterocycles. The monoisotopic (exact) mass is 322 g/mol. The molecule has 0 aliphatic rings. The second-order valence-electron chi connectivity index (χ2n) is 5.19. The summed E-state index contributed by atoms with van der Waals surface area (Å²) in [6.45, 7) is 0. The number of methoxy groups -OCH3 is 1. The second-order valence-corrected chi connectivity index (χ2v) is 5.19. The lowest BCUT2D eigenvalue weighted by Gasteiger charge is -2.12. The number of benzene rings is 2. The van der Waals surface area contributed by atoms with Gasteiger partial charge in [-0.3, -0.25) is 9.78 Å². The van der Waals surface area contributed by atoms with Crippen LogP contribution in [0.2, 0.25) is 0 Å². The van der Waals surface area contributed by atoms with Gasteiger partial charge in [0, 0.05) is 28.7 Å². The van der Waals surface area contributed by atoms with Gasteiger partial charge < -0.3 is 20.1 Å². The van der Waals surface area contributed by atoms with E-state index in [4.69, 9.17) is 4.74 Å². The van der Waals surface area contributed by atoms with Crippen LogP contribution in [0.1, 0.15) is 10.4 Å². The highest BCUT2D eigenvalue weighted by molar-refractivity contribution is 6.58. The number of pyridine rings is 1. The molecule has 0 unspecified atom stereocenters. The number of hydrogen-bond acceptors (Lipinski definition) is 5. The van der Waals surface area contributed by atoms with Gasteiger partial charge in [0.05, 0.1) is 12.8 Å². The van der Waals surface area contributed by atoms with E-state index in [2.05, 4.69) is 10.3 Å². The van der Waals surface area contributed by atoms with E-state index in [1.807, 2.05) is 6.07 Å². The molecule has 1 heterocycles. The first-order valence-corrected chi connectivity index (χ1v) is 7.28. The number of amides is 1. The quantitative estimate of drug-likeness (QED) is 0.627. The number of nitrogens with one attached hydrogen (secondary N) is 1. The normalized spacial score (nSPS) is 10.5. The molecule has 0 atom stereocenters. The van der Waals surface area contributed by atoms with E-state index in [0.717, 1.165) is 10.8 Å². The molecule has 1 amide bonds. The topological polar surface area (TPSA) is 91.7 Å². The first-order valence-electron chi connectivity index (χ1n) is 7.28. The van der Waals surface area contributed by atoms with Crippen molar-refractivity contribution >= 4 is 34.9 Å². The van der Waals surface area contributed by atoms with Crippen LogP contribution in [0.4, 0.5) is 5.69 Å². The summed E-state index contributed by atoms with van der Waals surface area (Å²) in [5, 5.41) is 22.9. The molecule has 0 radical (unpaired) electrons. The number of hydrogen-bond donors (Lipinski definition) is 3. The Morgan fingerprint density at radius 2 is 2.00 bits per heavy atom. The number of fused-ring (bicyclic) bond motifs is 1. The Balaban J connectivity index is 1.95. The van der Waals surface area contributed by atoms with Crippen LogP contribution in [0.5, 0.6) is 5.75 Å². The molecule has 0 spiro atoms. The van der Waals surface area contributed by atoms with Crippen LogP contribution in [0.25, 0.3) is 10.8 Å². The molecular weight excluding hydrogens is 307 g/mol. The second kappa shape index (κ2) is 6.70. The molecule has 0 aliphatic heterocycles. The summed E-state index contributed by atoms with van der Waals surface area (Å²) in [7, 11) is -0.0390.